The van der Waals surface area contributed by atoms with Crippen LogP contribution in [0.25, 0.3) is 0 Å². The number of ether oxygens (including phenoxy) is 2. The van der Waals surface area contributed by atoms with Crippen LogP contribution in [0.3, 0.4) is 0 Å². The Labute approximate surface area is 184 Å². The molecule has 164 valence electrons. The van der Waals surface area contributed by atoms with Crippen molar-refractivity contribution >= 4 is 38.3 Å². The van der Waals surface area contributed by atoms with E-state index < -0.39 is 34.6 Å². The van der Waals surface area contributed by atoms with E-state index >= 15 is 0 Å². The highest BCUT2D eigenvalue weighted by Gasteiger charge is 2.38. The minimum atomic E-state index is -3.70. The van der Waals surface area contributed by atoms with E-state index in [2.05, 4.69) is 0 Å². The first kappa shape index (κ1) is 22.7. The topological polar surface area (TPSA) is 140 Å². The predicted octanol–water partition coefficient (Wildman–Crippen LogP) is 1.81. The zero-order valence-electron chi connectivity index (χ0n) is 17.0. The maximum Gasteiger partial charge on any atom is 0.348 e. The van der Waals surface area contributed by atoms with Gasteiger partial charge in [0.1, 0.15) is 28.6 Å². The minimum absolute atomic E-state index is 0.0369. The molecule has 0 unspecified atom stereocenters. The molecule has 0 radical (unpaired) electrons. The summed E-state index contributed by atoms with van der Waals surface area (Å²) in [6.45, 7) is 1.42. The molecule has 0 bridgehead atoms. The van der Waals surface area contributed by atoms with E-state index in [9.17, 15) is 23.3 Å². The van der Waals surface area contributed by atoms with Gasteiger partial charge in [-0.3, -0.25) is 4.79 Å². The molecule has 3 rings (SSSR count). The molecule has 1 aliphatic heterocycles. The molecule has 9 nitrogen and oxygen atoms in total. The highest BCUT2D eigenvalue weighted by Crippen LogP contribution is 2.32. The fourth-order valence-corrected chi connectivity index (χ4v) is 5.31. The quantitative estimate of drug-likeness (QED) is 0.640. The summed E-state index contributed by atoms with van der Waals surface area (Å²) >= 11 is 0.880. The van der Waals surface area contributed by atoms with Gasteiger partial charge in [0.25, 0.3) is 0 Å². The van der Waals surface area contributed by atoms with Gasteiger partial charge in [-0.1, -0.05) is 24.3 Å². The molecule has 2 heterocycles. The number of benzene rings is 1. The Bertz CT molecular complexity index is 1170. The standard InChI is InChI=1S/C20H21N3O6S2/c1-3-28-20(25)17-15(14(9-21)18(22)30-17)11-29-19(24)16-8-12-6-4-5-7-13(12)10-23(16)31(2,26)27/h4-7,16H,3,8,10-11,22H2,1-2H3/t16-/m1/s1. The highest BCUT2D eigenvalue weighted by molar-refractivity contribution is 7.88. The van der Waals surface area contributed by atoms with Crippen molar-refractivity contribution in [3.8, 4) is 6.07 Å². The van der Waals surface area contributed by atoms with Gasteiger partial charge in [0.15, 0.2) is 0 Å². The monoisotopic (exact) mass is 463 g/mol. The molecule has 1 aliphatic rings. The number of carbonyl (C=O) groups is 2. The molecule has 31 heavy (non-hydrogen) atoms. The highest BCUT2D eigenvalue weighted by atomic mass is 32.2. The van der Waals surface area contributed by atoms with E-state index in [4.69, 9.17) is 15.2 Å². The Hall–Kier alpha value is -2.94. The van der Waals surface area contributed by atoms with Crippen molar-refractivity contribution in [3.05, 3.63) is 51.4 Å². The first-order valence-corrected chi connectivity index (χ1v) is 12.0. The van der Waals surface area contributed by atoms with Gasteiger partial charge >= 0.3 is 11.9 Å². The second-order valence-corrected chi connectivity index (χ2v) is 9.87. The van der Waals surface area contributed by atoms with E-state index in [1.165, 1.54) is 0 Å². The molecule has 0 aliphatic carbocycles. The number of nitrogens with two attached hydrogens (primary N) is 1. The van der Waals surface area contributed by atoms with Gasteiger partial charge in [-0.25, -0.2) is 13.2 Å². The van der Waals surface area contributed by atoms with Gasteiger partial charge in [-0.2, -0.15) is 9.57 Å². The van der Waals surface area contributed by atoms with Crippen LogP contribution >= 0.6 is 11.3 Å². The Kier molecular flexibility index (Phi) is 6.64. The molecule has 0 fully saturated rings. The Morgan fingerprint density at radius 2 is 1.97 bits per heavy atom. The number of hydrogen-bond acceptors (Lipinski definition) is 9. The Morgan fingerprint density at radius 1 is 1.29 bits per heavy atom. The van der Waals surface area contributed by atoms with E-state index in [1.807, 2.05) is 24.3 Å². The third-order valence-electron chi connectivity index (χ3n) is 4.87. The van der Waals surface area contributed by atoms with Crippen molar-refractivity contribution in [2.24, 2.45) is 0 Å². The Morgan fingerprint density at radius 3 is 2.58 bits per heavy atom. The van der Waals surface area contributed by atoms with Crippen molar-refractivity contribution in [3.63, 3.8) is 0 Å². The van der Waals surface area contributed by atoms with Gasteiger partial charge in [-0.15, -0.1) is 11.3 Å². The zero-order valence-corrected chi connectivity index (χ0v) is 18.6. The van der Waals surface area contributed by atoms with Crippen LogP contribution in [0, 0.1) is 11.3 Å². The normalized spacial score (nSPS) is 16.2. The van der Waals surface area contributed by atoms with Crippen LogP contribution in [0.4, 0.5) is 5.00 Å². The Balaban J connectivity index is 1.86. The smallest absolute Gasteiger partial charge is 0.348 e. The number of carbonyl (C=O) groups excluding carboxylic acids is 2. The van der Waals surface area contributed by atoms with Crippen LogP contribution in [0.1, 0.15) is 38.8 Å². The van der Waals surface area contributed by atoms with Crippen LogP contribution < -0.4 is 5.73 Å². The van der Waals surface area contributed by atoms with Crippen LogP contribution in [0.2, 0.25) is 0 Å². The van der Waals surface area contributed by atoms with Crippen molar-refractivity contribution in [1.29, 1.82) is 5.26 Å². The molecule has 2 N–H and O–H groups in total. The van der Waals surface area contributed by atoms with Crippen molar-refractivity contribution in [2.45, 2.75) is 32.5 Å². The molecule has 1 aromatic carbocycles. The third-order valence-corrected chi connectivity index (χ3v) is 7.15. The van der Waals surface area contributed by atoms with E-state index in [1.54, 1.807) is 13.0 Å². The lowest BCUT2D eigenvalue weighted by molar-refractivity contribution is -0.150. The summed E-state index contributed by atoms with van der Waals surface area (Å²) < 4.78 is 36.1. The fraction of sp³-hybridized carbons (Fsp3) is 0.350. The number of hydrogen-bond donors (Lipinski definition) is 1. The summed E-state index contributed by atoms with van der Waals surface area (Å²) in [6.07, 6.45) is 1.19. The average molecular weight is 464 g/mol. The van der Waals surface area contributed by atoms with Gasteiger partial charge in [0.2, 0.25) is 10.0 Å². The molecule has 0 spiro atoms. The predicted molar refractivity (Wildman–Crippen MR) is 114 cm³/mol. The lowest BCUT2D eigenvalue weighted by Gasteiger charge is -2.33. The number of sulfonamides is 1. The first-order chi connectivity index (χ1) is 14.7. The maximum absolute atomic E-state index is 12.9. The number of nitrogens with zero attached hydrogens (tertiary/aromatic N) is 2. The number of esters is 2. The average Bonchev–Trinajstić information content (AvgIpc) is 3.05. The number of nitrogen functional groups attached to an aromatic ring is 1. The lowest BCUT2D eigenvalue weighted by Crippen LogP contribution is -2.48. The van der Waals surface area contributed by atoms with Crippen molar-refractivity contribution < 1.29 is 27.5 Å². The van der Waals surface area contributed by atoms with Crippen LogP contribution in [0.5, 0.6) is 0 Å². The van der Waals surface area contributed by atoms with E-state index in [0.717, 1.165) is 33.0 Å². The molecule has 0 saturated carbocycles. The van der Waals surface area contributed by atoms with Crippen LogP contribution in [-0.2, 0) is 43.9 Å². The third kappa shape index (κ3) is 4.71. The largest absolute Gasteiger partial charge is 0.462 e. The summed E-state index contributed by atoms with van der Waals surface area (Å²) in [6, 6.07) is 8.12. The van der Waals surface area contributed by atoms with Gasteiger partial charge in [0, 0.05) is 18.5 Å². The second kappa shape index (κ2) is 9.05. The summed E-state index contributed by atoms with van der Waals surface area (Å²) in [4.78, 5) is 25.2. The molecule has 1 atom stereocenters. The maximum atomic E-state index is 12.9. The molecular formula is C20H21N3O6S2. The summed E-state index contributed by atoms with van der Waals surface area (Å²) in [5.41, 5.74) is 7.69. The molecule has 0 saturated heterocycles. The molecule has 2 aromatic rings. The summed E-state index contributed by atoms with van der Waals surface area (Å²) in [5.74, 6) is -1.44. The number of anilines is 1. The van der Waals surface area contributed by atoms with Crippen molar-refractivity contribution in [1.82, 2.24) is 4.31 Å². The van der Waals surface area contributed by atoms with E-state index in [0.29, 0.717) is 0 Å². The minimum Gasteiger partial charge on any atom is -0.462 e. The number of thiophene rings is 1. The van der Waals surface area contributed by atoms with Gasteiger partial charge < -0.3 is 15.2 Å². The van der Waals surface area contributed by atoms with Crippen LogP contribution in [0.15, 0.2) is 24.3 Å². The second-order valence-electron chi connectivity index (χ2n) is 6.89. The number of fused-ring (bicyclic) bond motifs is 1. The number of rotatable bonds is 6. The van der Waals surface area contributed by atoms with E-state index in [-0.39, 0.29) is 40.6 Å². The fourth-order valence-electron chi connectivity index (χ4n) is 3.39. The summed E-state index contributed by atoms with van der Waals surface area (Å²) in [7, 11) is -3.70. The molecule has 0 amide bonds. The zero-order chi connectivity index (χ0) is 22.8. The lowest BCUT2D eigenvalue weighted by atomic mass is 9.96. The molecule has 1 aromatic heterocycles. The van der Waals surface area contributed by atoms with Crippen molar-refractivity contribution in [2.75, 3.05) is 18.6 Å². The van der Waals surface area contributed by atoms with Crippen LogP contribution in [-0.4, -0.2) is 43.6 Å². The van der Waals surface area contributed by atoms with Gasteiger partial charge in [0.05, 0.1) is 18.4 Å². The molecular weight excluding hydrogens is 442 g/mol. The first-order valence-electron chi connectivity index (χ1n) is 9.36. The molecule has 11 heteroatoms. The summed E-state index contributed by atoms with van der Waals surface area (Å²) in [5, 5.41) is 9.50. The van der Waals surface area contributed by atoms with Gasteiger partial charge in [-0.05, 0) is 18.1 Å². The number of nitriles is 1. The SMILES string of the molecule is CCOC(=O)c1sc(N)c(C#N)c1COC(=O)[C@H]1Cc2ccccc2CN1S(C)(=O)=O.